The summed E-state index contributed by atoms with van der Waals surface area (Å²) in [7, 11) is 0. The van der Waals surface area contributed by atoms with Gasteiger partial charge >= 0.3 is 0 Å². The summed E-state index contributed by atoms with van der Waals surface area (Å²) >= 11 is 4.84. The van der Waals surface area contributed by atoms with Crippen molar-refractivity contribution in [2.75, 3.05) is 5.32 Å². The second-order valence-electron chi connectivity index (χ2n) is 3.92. The molecule has 1 aromatic carbocycles. The van der Waals surface area contributed by atoms with E-state index in [2.05, 4.69) is 15.5 Å². The molecule has 5 N–H and O–H groups in total. The molecule has 1 aromatic heterocycles. The van der Waals surface area contributed by atoms with Crippen molar-refractivity contribution >= 4 is 28.9 Å². The quantitative estimate of drug-likeness (QED) is 0.622. The van der Waals surface area contributed by atoms with Crippen LogP contribution in [0.15, 0.2) is 30.5 Å². The third-order valence-corrected chi connectivity index (χ3v) is 2.66. The Labute approximate surface area is 114 Å². The van der Waals surface area contributed by atoms with Crippen molar-refractivity contribution in [2.24, 2.45) is 5.73 Å². The molecule has 0 saturated carbocycles. The zero-order valence-electron chi connectivity index (χ0n) is 9.88. The molecule has 2 aromatic rings. The maximum atomic E-state index is 11.8. The third-order valence-electron chi connectivity index (χ3n) is 2.44. The van der Waals surface area contributed by atoms with Gasteiger partial charge in [-0.2, -0.15) is 5.10 Å². The molecule has 0 atom stereocenters. The lowest BCUT2D eigenvalue weighted by molar-refractivity contribution is -0.115. The van der Waals surface area contributed by atoms with Crippen LogP contribution in [-0.4, -0.2) is 26.2 Å². The lowest BCUT2D eigenvalue weighted by Gasteiger charge is -2.05. The third kappa shape index (κ3) is 3.29. The van der Waals surface area contributed by atoms with Crippen LogP contribution >= 0.6 is 12.2 Å². The highest BCUT2D eigenvalue weighted by Gasteiger charge is 2.11. The summed E-state index contributed by atoms with van der Waals surface area (Å²) in [6, 6.07) is 6.50. The van der Waals surface area contributed by atoms with E-state index < -0.39 is 0 Å². The van der Waals surface area contributed by atoms with Gasteiger partial charge in [-0.05, 0) is 17.7 Å². The van der Waals surface area contributed by atoms with Crippen LogP contribution in [0.2, 0.25) is 0 Å². The molecule has 0 aliphatic carbocycles. The number of anilines is 1. The van der Waals surface area contributed by atoms with Crippen molar-refractivity contribution < 1.29 is 9.90 Å². The van der Waals surface area contributed by atoms with Crippen LogP contribution < -0.4 is 11.1 Å². The lowest BCUT2D eigenvalue weighted by Crippen LogP contribution is -2.18. The van der Waals surface area contributed by atoms with E-state index in [1.54, 1.807) is 18.2 Å². The van der Waals surface area contributed by atoms with Crippen LogP contribution in [0.1, 0.15) is 11.1 Å². The number of aromatic hydroxyl groups is 1. The first-order chi connectivity index (χ1) is 9.06. The average Bonchev–Trinajstić information content (AvgIpc) is 2.76. The first-order valence-corrected chi connectivity index (χ1v) is 5.88. The molecule has 0 radical (unpaired) electrons. The van der Waals surface area contributed by atoms with Gasteiger partial charge < -0.3 is 16.2 Å². The Morgan fingerprint density at radius 1 is 1.53 bits per heavy atom. The summed E-state index contributed by atoms with van der Waals surface area (Å²) in [6.07, 6.45) is 1.58. The highest BCUT2D eigenvalue weighted by Crippen LogP contribution is 2.14. The number of benzene rings is 1. The number of H-pyrrole nitrogens is 1. The van der Waals surface area contributed by atoms with Crippen LogP contribution in [-0.2, 0) is 11.2 Å². The van der Waals surface area contributed by atoms with Gasteiger partial charge in [-0.1, -0.05) is 24.4 Å². The predicted molar refractivity (Wildman–Crippen MR) is 74.9 cm³/mol. The summed E-state index contributed by atoms with van der Waals surface area (Å²) in [4.78, 5) is 12.0. The Hall–Kier alpha value is -2.41. The minimum Gasteiger partial charge on any atom is -0.508 e. The molecule has 19 heavy (non-hydrogen) atoms. The van der Waals surface area contributed by atoms with Gasteiger partial charge in [0.05, 0.1) is 18.2 Å². The molecular formula is C12H12N4O2S. The number of rotatable bonds is 4. The summed E-state index contributed by atoms with van der Waals surface area (Å²) < 4.78 is 0. The minimum atomic E-state index is -0.257. The normalized spacial score (nSPS) is 10.1. The summed E-state index contributed by atoms with van der Waals surface area (Å²) in [6.45, 7) is 0. The van der Waals surface area contributed by atoms with Gasteiger partial charge in [0.2, 0.25) is 5.91 Å². The molecule has 6 nitrogen and oxygen atoms in total. The van der Waals surface area contributed by atoms with Crippen LogP contribution in [0, 0.1) is 0 Å². The van der Waals surface area contributed by atoms with Crippen LogP contribution in [0.3, 0.4) is 0 Å². The van der Waals surface area contributed by atoms with E-state index in [0.29, 0.717) is 16.9 Å². The Kier molecular flexibility index (Phi) is 3.76. The van der Waals surface area contributed by atoms with E-state index in [-0.39, 0.29) is 23.1 Å². The fraction of sp³-hybridized carbons (Fsp3) is 0.0833. The van der Waals surface area contributed by atoms with Gasteiger partial charge in [0.15, 0.2) is 0 Å². The predicted octanol–water partition coefficient (Wildman–Crippen LogP) is 0.931. The first kappa shape index (κ1) is 13.0. The molecule has 0 saturated heterocycles. The van der Waals surface area contributed by atoms with E-state index in [9.17, 15) is 9.90 Å². The molecule has 0 unspecified atom stereocenters. The Morgan fingerprint density at radius 3 is 3.00 bits per heavy atom. The number of amides is 1. The van der Waals surface area contributed by atoms with Crippen LogP contribution in [0.25, 0.3) is 0 Å². The molecule has 0 bridgehead atoms. The molecule has 0 fully saturated rings. The second kappa shape index (κ2) is 5.49. The fourth-order valence-corrected chi connectivity index (χ4v) is 1.76. The maximum absolute atomic E-state index is 11.8. The molecule has 0 aliphatic rings. The smallest absolute Gasteiger partial charge is 0.229 e. The van der Waals surface area contributed by atoms with Crippen molar-refractivity contribution in [3.05, 3.63) is 41.6 Å². The second-order valence-corrected chi connectivity index (χ2v) is 4.36. The molecular weight excluding hydrogens is 264 g/mol. The number of phenolic OH excluding ortho intramolecular Hbond substituents is 1. The summed E-state index contributed by atoms with van der Waals surface area (Å²) in [5.41, 5.74) is 6.68. The zero-order chi connectivity index (χ0) is 13.8. The first-order valence-electron chi connectivity index (χ1n) is 5.47. The van der Waals surface area contributed by atoms with Gasteiger partial charge in [-0.3, -0.25) is 9.89 Å². The molecule has 2 rings (SSSR count). The number of carbonyl (C=O) groups excluding carboxylic acids is 1. The maximum Gasteiger partial charge on any atom is 0.229 e. The van der Waals surface area contributed by atoms with Crippen molar-refractivity contribution in [1.29, 1.82) is 0 Å². The van der Waals surface area contributed by atoms with E-state index in [4.69, 9.17) is 18.0 Å². The number of hydrogen-bond donors (Lipinski definition) is 4. The van der Waals surface area contributed by atoms with E-state index in [1.165, 1.54) is 12.3 Å². The SMILES string of the molecule is NC(=S)c1cn[nH]c1NC(=O)Cc1cccc(O)c1. The number of aromatic nitrogens is 2. The topological polar surface area (TPSA) is 104 Å². The van der Waals surface area contributed by atoms with Gasteiger partial charge in [-0.25, -0.2) is 0 Å². The monoisotopic (exact) mass is 276 g/mol. The Bertz CT molecular complexity index is 624. The summed E-state index contributed by atoms with van der Waals surface area (Å²) in [5.74, 6) is 0.237. The highest BCUT2D eigenvalue weighted by atomic mass is 32.1. The highest BCUT2D eigenvalue weighted by molar-refractivity contribution is 7.80. The zero-order valence-corrected chi connectivity index (χ0v) is 10.7. The van der Waals surface area contributed by atoms with Crippen LogP contribution in [0.5, 0.6) is 5.75 Å². The van der Waals surface area contributed by atoms with E-state index in [1.807, 2.05) is 0 Å². The Balaban J connectivity index is 2.05. The number of phenols is 1. The van der Waals surface area contributed by atoms with Crippen molar-refractivity contribution in [3.8, 4) is 5.75 Å². The molecule has 0 aliphatic heterocycles. The number of thiocarbonyl (C=S) groups is 1. The van der Waals surface area contributed by atoms with Crippen molar-refractivity contribution in [2.45, 2.75) is 6.42 Å². The van der Waals surface area contributed by atoms with E-state index >= 15 is 0 Å². The van der Waals surface area contributed by atoms with Gasteiger partial charge in [-0.15, -0.1) is 0 Å². The fourth-order valence-electron chi connectivity index (χ4n) is 1.60. The van der Waals surface area contributed by atoms with Gasteiger partial charge in [0.1, 0.15) is 16.6 Å². The van der Waals surface area contributed by atoms with Crippen LogP contribution in [0.4, 0.5) is 5.82 Å². The minimum absolute atomic E-state index is 0.121. The number of carbonyl (C=O) groups is 1. The molecule has 1 heterocycles. The standard InChI is InChI=1S/C12H12N4O2S/c13-11(19)9-6-14-16-12(9)15-10(18)5-7-2-1-3-8(17)4-7/h1-4,6,17H,5H2,(H2,13,19)(H2,14,15,16,18). The average molecular weight is 276 g/mol. The molecule has 1 amide bonds. The summed E-state index contributed by atoms with van der Waals surface area (Å²) in [5, 5.41) is 18.3. The number of nitrogens with two attached hydrogens (primary N) is 1. The molecule has 7 heteroatoms. The van der Waals surface area contributed by atoms with E-state index in [0.717, 1.165) is 0 Å². The van der Waals surface area contributed by atoms with Gasteiger partial charge in [0, 0.05) is 0 Å². The van der Waals surface area contributed by atoms with Gasteiger partial charge in [0.25, 0.3) is 0 Å². The molecule has 0 spiro atoms. The number of nitrogens with zero attached hydrogens (tertiary/aromatic N) is 1. The molecule has 98 valence electrons. The van der Waals surface area contributed by atoms with Crippen molar-refractivity contribution in [3.63, 3.8) is 0 Å². The lowest BCUT2D eigenvalue weighted by atomic mass is 10.1. The number of hydrogen-bond acceptors (Lipinski definition) is 4. The Morgan fingerprint density at radius 2 is 2.32 bits per heavy atom. The number of aromatic amines is 1. The largest absolute Gasteiger partial charge is 0.508 e. The number of nitrogens with one attached hydrogen (secondary N) is 2. The van der Waals surface area contributed by atoms with Crippen molar-refractivity contribution in [1.82, 2.24) is 10.2 Å².